The van der Waals surface area contributed by atoms with Gasteiger partial charge in [0.2, 0.25) is 0 Å². The number of aryl methyl sites for hydroxylation is 1. The third-order valence-electron chi connectivity index (χ3n) is 3.50. The van der Waals surface area contributed by atoms with Gasteiger partial charge in [0.15, 0.2) is 5.78 Å². The van der Waals surface area contributed by atoms with Crippen molar-refractivity contribution < 1.29 is 9.53 Å². The molecule has 0 fully saturated rings. The van der Waals surface area contributed by atoms with Crippen molar-refractivity contribution in [2.75, 3.05) is 6.61 Å². The lowest BCUT2D eigenvalue weighted by molar-refractivity contribution is 0.0994. The highest BCUT2D eigenvalue weighted by Gasteiger charge is 2.19. The molecule has 0 heterocycles. The van der Waals surface area contributed by atoms with Crippen LogP contribution in [0.4, 0.5) is 0 Å². The Labute approximate surface area is 113 Å². The number of Topliss-reactive ketones (excluding diaryl/α,β-unsaturated/α-hetero) is 1. The van der Waals surface area contributed by atoms with Crippen molar-refractivity contribution in [1.29, 1.82) is 0 Å². The Hall–Kier alpha value is -2.09. The number of ether oxygens (including phenoxy) is 1. The van der Waals surface area contributed by atoms with E-state index in [1.807, 2.05) is 36.4 Å². The van der Waals surface area contributed by atoms with Crippen molar-refractivity contribution in [2.45, 2.75) is 19.3 Å². The number of ketones is 1. The van der Waals surface area contributed by atoms with Crippen LogP contribution in [-0.4, -0.2) is 12.4 Å². The topological polar surface area (TPSA) is 26.3 Å². The molecule has 0 aromatic heterocycles. The molecule has 19 heavy (non-hydrogen) atoms. The third kappa shape index (κ3) is 2.68. The fraction of sp³-hybridized carbons (Fsp3) is 0.235. The summed E-state index contributed by atoms with van der Waals surface area (Å²) in [4.78, 5) is 11.5. The molecule has 2 aromatic carbocycles. The van der Waals surface area contributed by atoms with Crippen molar-refractivity contribution in [2.24, 2.45) is 0 Å². The van der Waals surface area contributed by atoms with Crippen LogP contribution in [-0.2, 0) is 12.8 Å². The maximum atomic E-state index is 11.5. The van der Waals surface area contributed by atoms with Crippen LogP contribution in [0, 0.1) is 0 Å². The predicted molar refractivity (Wildman–Crippen MR) is 74.7 cm³/mol. The normalized spacial score (nSPS) is 13.4. The number of benzene rings is 2. The monoisotopic (exact) mass is 252 g/mol. The largest absolute Gasteiger partial charge is 0.493 e. The second kappa shape index (κ2) is 5.27. The van der Waals surface area contributed by atoms with E-state index >= 15 is 0 Å². The zero-order valence-corrected chi connectivity index (χ0v) is 10.8. The zero-order valence-electron chi connectivity index (χ0n) is 10.8. The van der Waals surface area contributed by atoms with Crippen LogP contribution in [0.15, 0.2) is 48.5 Å². The molecule has 0 bridgehead atoms. The van der Waals surface area contributed by atoms with Gasteiger partial charge >= 0.3 is 0 Å². The van der Waals surface area contributed by atoms with Crippen molar-refractivity contribution >= 4 is 5.78 Å². The van der Waals surface area contributed by atoms with Crippen LogP contribution in [0.3, 0.4) is 0 Å². The number of rotatable bonds is 4. The van der Waals surface area contributed by atoms with Gasteiger partial charge in [-0.25, -0.2) is 0 Å². The Morgan fingerprint density at radius 1 is 1.00 bits per heavy atom. The minimum Gasteiger partial charge on any atom is -0.493 e. The van der Waals surface area contributed by atoms with E-state index in [9.17, 15) is 4.79 Å². The van der Waals surface area contributed by atoms with Crippen molar-refractivity contribution in [3.63, 3.8) is 0 Å². The van der Waals surface area contributed by atoms with E-state index in [1.165, 1.54) is 5.56 Å². The maximum absolute atomic E-state index is 11.5. The fourth-order valence-electron chi connectivity index (χ4n) is 2.45. The summed E-state index contributed by atoms with van der Waals surface area (Å²) in [7, 11) is 0. The molecular weight excluding hydrogens is 236 g/mol. The van der Waals surface area contributed by atoms with Gasteiger partial charge in [0.25, 0.3) is 0 Å². The standard InChI is InChI=1S/C17H16O2/c18-17-9-6-14-12-15(7-8-16(14)17)19-11-10-13-4-2-1-3-5-13/h1-5,7-8,12H,6,9-11H2. The second-order valence-electron chi connectivity index (χ2n) is 4.83. The second-order valence-corrected chi connectivity index (χ2v) is 4.83. The Kier molecular flexibility index (Phi) is 3.32. The highest BCUT2D eigenvalue weighted by Crippen LogP contribution is 2.26. The molecule has 0 N–H and O–H groups in total. The van der Waals surface area contributed by atoms with Crippen LogP contribution < -0.4 is 4.74 Å². The van der Waals surface area contributed by atoms with E-state index in [0.717, 1.165) is 29.7 Å². The van der Waals surface area contributed by atoms with Gasteiger partial charge in [0, 0.05) is 18.4 Å². The molecule has 0 atom stereocenters. The Bertz CT molecular complexity index is 587. The molecule has 0 radical (unpaired) electrons. The van der Waals surface area contributed by atoms with Gasteiger partial charge in [-0.3, -0.25) is 4.79 Å². The molecule has 2 aromatic rings. The first-order valence-corrected chi connectivity index (χ1v) is 6.66. The van der Waals surface area contributed by atoms with E-state index in [1.54, 1.807) is 0 Å². The lowest BCUT2D eigenvalue weighted by Gasteiger charge is -2.07. The molecule has 1 aliphatic carbocycles. The lowest BCUT2D eigenvalue weighted by atomic mass is 10.1. The summed E-state index contributed by atoms with van der Waals surface area (Å²) < 4.78 is 5.76. The molecule has 0 unspecified atom stereocenters. The quantitative estimate of drug-likeness (QED) is 0.833. The predicted octanol–water partition coefficient (Wildman–Crippen LogP) is 3.44. The number of hydrogen-bond donors (Lipinski definition) is 0. The van der Waals surface area contributed by atoms with Gasteiger partial charge in [-0.05, 0) is 35.7 Å². The highest BCUT2D eigenvalue weighted by atomic mass is 16.5. The van der Waals surface area contributed by atoms with Crippen LogP contribution in [0.25, 0.3) is 0 Å². The van der Waals surface area contributed by atoms with Crippen molar-refractivity contribution in [1.82, 2.24) is 0 Å². The average Bonchev–Trinajstić information content (AvgIpc) is 2.81. The summed E-state index contributed by atoms with van der Waals surface area (Å²) in [6.45, 7) is 0.663. The van der Waals surface area contributed by atoms with E-state index in [-0.39, 0.29) is 5.78 Å². The van der Waals surface area contributed by atoms with Crippen molar-refractivity contribution in [3.05, 3.63) is 65.2 Å². The summed E-state index contributed by atoms with van der Waals surface area (Å²) in [6.07, 6.45) is 2.39. The molecule has 0 amide bonds. The molecule has 0 saturated heterocycles. The van der Waals surface area contributed by atoms with Crippen LogP contribution in [0.2, 0.25) is 0 Å². The first-order valence-electron chi connectivity index (χ1n) is 6.66. The van der Waals surface area contributed by atoms with Gasteiger partial charge in [-0.15, -0.1) is 0 Å². The van der Waals surface area contributed by atoms with Gasteiger partial charge in [0.1, 0.15) is 5.75 Å². The molecule has 2 nitrogen and oxygen atoms in total. The first kappa shape index (κ1) is 12.0. The minimum atomic E-state index is 0.255. The smallest absolute Gasteiger partial charge is 0.163 e. The summed E-state index contributed by atoms with van der Waals surface area (Å²) in [6, 6.07) is 16.1. The average molecular weight is 252 g/mol. The summed E-state index contributed by atoms with van der Waals surface area (Å²) in [5.74, 6) is 1.12. The van der Waals surface area contributed by atoms with Crippen molar-refractivity contribution in [3.8, 4) is 5.75 Å². The Morgan fingerprint density at radius 3 is 2.68 bits per heavy atom. The lowest BCUT2D eigenvalue weighted by Crippen LogP contribution is -2.01. The highest BCUT2D eigenvalue weighted by molar-refractivity contribution is 6.00. The van der Waals surface area contributed by atoms with Crippen LogP contribution in [0.1, 0.15) is 27.9 Å². The number of carbonyl (C=O) groups excluding carboxylic acids is 1. The molecule has 1 aliphatic rings. The van der Waals surface area contributed by atoms with E-state index < -0.39 is 0 Å². The first-order chi connectivity index (χ1) is 9.33. The van der Waals surface area contributed by atoms with Gasteiger partial charge < -0.3 is 4.74 Å². The SMILES string of the molecule is O=C1CCc2cc(OCCc3ccccc3)ccc21. The minimum absolute atomic E-state index is 0.255. The molecule has 96 valence electrons. The van der Waals surface area contributed by atoms with Gasteiger partial charge in [-0.2, -0.15) is 0 Å². The molecular formula is C17H16O2. The number of fused-ring (bicyclic) bond motifs is 1. The molecule has 0 saturated carbocycles. The number of carbonyl (C=O) groups is 1. The molecule has 0 spiro atoms. The van der Waals surface area contributed by atoms with Crippen LogP contribution in [0.5, 0.6) is 5.75 Å². The van der Waals surface area contributed by atoms with E-state index in [2.05, 4.69) is 12.1 Å². The van der Waals surface area contributed by atoms with Crippen LogP contribution >= 0.6 is 0 Å². The maximum Gasteiger partial charge on any atom is 0.163 e. The molecule has 3 rings (SSSR count). The van der Waals surface area contributed by atoms with Gasteiger partial charge in [-0.1, -0.05) is 30.3 Å². The third-order valence-corrected chi connectivity index (χ3v) is 3.50. The Morgan fingerprint density at radius 2 is 1.84 bits per heavy atom. The zero-order chi connectivity index (χ0) is 13.1. The van der Waals surface area contributed by atoms with E-state index in [4.69, 9.17) is 4.74 Å². The van der Waals surface area contributed by atoms with Gasteiger partial charge in [0.05, 0.1) is 6.61 Å². The molecule has 0 aliphatic heterocycles. The summed E-state index contributed by atoms with van der Waals surface area (Å²) in [5.41, 5.74) is 3.27. The molecule has 2 heteroatoms. The fourth-order valence-corrected chi connectivity index (χ4v) is 2.45. The summed E-state index contributed by atoms with van der Waals surface area (Å²) >= 11 is 0. The number of hydrogen-bond acceptors (Lipinski definition) is 2. The Balaban J connectivity index is 1.61. The summed E-state index contributed by atoms with van der Waals surface area (Å²) in [5, 5.41) is 0. The van der Waals surface area contributed by atoms with E-state index in [0.29, 0.717) is 13.0 Å².